The molecular formula is C28H27N5O. The fraction of sp³-hybridized carbons (Fsp3) is 0.250. The molecule has 0 radical (unpaired) electrons. The van der Waals surface area contributed by atoms with Crippen LogP contribution in [0.5, 0.6) is 0 Å². The van der Waals surface area contributed by atoms with Crippen molar-refractivity contribution in [2.75, 3.05) is 18.0 Å². The lowest BCUT2D eigenvalue weighted by atomic mass is 9.89. The number of hydrogen-bond acceptors (Lipinski definition) is 4. The molecule has 6 heteroatoms. The Morgan fingerprint density at radius 1 is 1.03 bits per heavy atom. The van der Waals surface area contributed by atoms with E-state index in [1.807, 2.05) is 35.7 Å². The van der Waals surface area contributed by atoms with Gasteiger partial charge in [0.15, 0.2) is 5.78 Å². The minimum absolute atomic E-state index is 0.0367. The zero-order chi connectivity index (χ0) is 23.1. The van der Waals surface area contributed by atoms with Crippen molar-refractivity contribution >= 4 is 28.2 Å². The molecule has 1 fully saturated rings. The van der Waals surface area contributed by atoms with E-state index in [0.717, 1.165) is 48.2 Å². The number of nitrogens with zero attached hydrogens (tertiary/aromatic N) is 4. The summed E-state index contributed by atoms with van der Waals surface area (Å²) in [7, 11) is 0. The summed E-state index contributed by atoms with van der Waals surface area (Å²) in [4.78, 5) is 27.9. The third-order valence-corrected chi connectivity index (χ3v) is 6.94. The molecule has 34 heavy (non-hydrogen) atoms. The number of nitrogens with one attached hydrogen (secondary N) is 1. The van der Waals surface area contributed by atoms with E-state index in [-0.39, 0.29) is 12.2 Å². The average molecular weight is 450 g/mol. The maximum atomic E-state index is 12.9. The molecule has 3 aromatic heterocycles. The molecular weight excluding hydrogens is 422 g/mol. The number of ketones is 1. The Kier molecular flexibility index (Phi) is 5.13. The van der Waals surface area contributed by atoms with Gasteiger partial charge in [-0.15, -0.1) is 0 Å². The Bertz CT molecular complexity index is 1480. The number of aromatic nitrogens is 4. The van der Waals surface area contributed by atoms with Crippen LogP contribution in [0.4, 0.5) is 5.69 Å². The number of aromatic amines is 1. The second kappa shape index (κ2) is 8.45. The van der Waals surface area contributed by atoms with Crippen LogP contribution in [0.3, 0.4) is 0 Å². The number of fused-ring (bicyclic) bond motifs is 2. The molecule has 0 bridgehead atoms. The van der Waals surface area contributed by atoms with Crippen molar-refractivity contribution in [1.29, 1.82) is 0 Å². The maximum Gasteiger partial charge on any atom is 0.190 e. The molecule has 5 aromatic rings. The second-order valence-electron chi connectivity index (χ2n) is 9.21. The van der Waals surface area contributed by atoms with Crippen LogP contribution in [0.25, 0.3) is 16.7 Å². The van der Waals surface area contributed by atoms with Crippen LogP contribution < -0.4 is 4.90 Å². The summed E-state index contributed by atoms with van der Waals surface area (Å²) < 4.78 is 1.90. The number of Topliss-reactive ketones (excluding diaryl/α,β-unsaturated/α-hetero) is 1. The first kappa shape index (κ1) is 20.7. The summed E-state index contributed by atoms with van der Waals surface area (Å²) >= 11 is 0. The smallest absolute Gasteiger partial charge is 0.190 e. The molecule has 2 aromatic carbocycles. The van der Waals surface area contributed by atoms with E-state index in [2.05, 4.69) is 62.3 Å². The van der Waals surface area contributed by atoms with Gasteiger partial charge in [0.25, 0.3) is 0 Å². The SMILES string of the molecule is Cc1cccn2cc(C(=O)Cc3nc4ccc(N5CCC(c6ccccc6)CC5)cc4[nH]3)nc12. The number of carbonyl (C=O) groups excluding carboxylic acids is 1. The minimum Gasteiger partial charge on any atom is -0.371 e. The average Bonchev–Trinajstić information content (AvgIpc) is 3.49. The van der Waals surface area contributed by atoms with Gasteiger partial charge in [0, 0.05) is 31.2 Å². The normalized spacial score (nSPS) is 14.8. The first-order chi connectivity index (χ1) is 16.6. The van der Waals surface area contributed by atoms with Crippen molar-refractivity contribution in [3.8, 4) is 0 Å². The van der Waals surface area contributed by atoms with E-state index in [9.17, 15) is 4.79 Å². The van der Waals surface area contributed by atoms with Gasteiger partial charge in [-0.3, -0.25) is 4.79 Å². The van der Waals surface area contributed by atoms with Crippen LogP contribution in [0.1, 0.15) is 46.2 Å². The van der Waals surface area contributed by atoms with E-state index in [4.69, 9.17) is 0 Å². The number of piperidine rings is 1. The Balaban J connectivity index is 1.16. The number of anilines is 1. The van der Waals surface area contributed by atoms with Gasteiger partial charge in [0.2, 0.25) is 0 Å². The van der Waals surface area contributed by atoms with Gasteiger partial charge in [-0.05, 0) is 61.1 Å². The van der Waals surface area contributed by atoms with Crippen molar-refractivity contribution < 1.29 is 4.79 Å². The monoisotopic (exact) mass is 449 g/mol. The molecule has 0 saturated carbocycles. The summed E-state index contributed by atoms with van der Waals surface area (Å²) in [6.07, 6.45) is 6.23. The van der Waals surface area contributed by atoms with Gasteiger partial charge in [-0.1, -0.05) is 36.4 Å². The van der Waals surface area contributed by atoms with Gasteiger partial charge in [0.05, 0.1) is 17.5 Å². The number of rotatable bonds is 5. The zero-order valence-corrected chi connectivity index (χ0v) is 19.2. The predicted octanol–water partition coefficient (Wildman–Crippen LogP) is 5.33. The molecule has 1 N–H and O–H groups in total. The lowest BCUT2D eigenvalue weighted by molar-refractivity contribution is 0.0987. The number of benzene rings is 2. The Morgan fingerprint density at radius 3 is 2.65 bits per heavy atom. The van der Waals surface area contributed by atoms with Crippen molar-refractivity contribution in [2.24, 2.45) is 0 Å². The van der Waals surface area contributed by atoms with Crippen LogP contribution in [0.15, 0.2) is 73.1 Å². The highest BCUT2D eigenvalue weighted by Gasteiger charge is 2.21. The summed E-state index contributed by atoms with van der Waals surface area (Å²) in [6.45, 7) is 4.08. The predicted molar refractivity (Wildman–Crippen MR) is 135 cm³/mol. The first-order valence-electron chi connectivity index (χ1n) is 11.9. The Morgan fingerprint density at radius 2 is 1.85 bits per heavy atom. The highest BCUT2D eigenvalue weighted by molar-refractivity contribution is 5.96. The molecule has 0 atom stereocenters. The third kappa shape index (κ3) is 3.85. The van der Waals surface area contributed by atoms with E-state index < -0.39 is 0 Å². The number of carbonyl (C=O) groups is 1. The van der Waals surface area contributed by atoms with Crippen molar-refractivity contribution in [2.45, 2.75) is 32.1 Å². The summed E-state index contributed by atoms with van der Waals surface area (Å²) in [5.41, 5.74) is 6.84. The topological polar surface area (TPSA) is 66.3 Å². The second-order valence-corrected chi connectivity index (χ2v) is 9.21. The van der Waals surface area contributed by atoms with Crippen molar-refractivity contribution in [3.05, 3.63) is 95.7 Å². The van der Waals surface area contributed by atoms with Crippen LogP contribution in [-0.4, -0.2) is 38.2 Å². The Hall–Kier alpha value is -3.93. The number of pyridine rings is 1. The van der Waals surface area contributed by atoms with Gasteiger partial charge >= 0.3 is 0 Å². The Labute approximate surface area is 198 Å². The van der Waals surface area contributed by atoms with Gasteiger partial charge in [-0.25, -0.2) is 9.97 Å². The van der Waals surface area contributed by atoms with E-state index in [1.54, 1.807) is 6.20 Å². The maximum absolute atomic E-state index is 12.9. The number of H-pyrrole nitrogens is 1. The lowest BCUT2D eigenvalue weighted by Gasteiger charge is -2.33. The molecule has 0 amide bonds. The summed E-state index contributed by atoms with van der Waals surface area (Å²) in [5.74, 6) is 1.27. The molecule has 1 saturated heterocycles. The molecule has 170 valence electrons. The molecule has 4 heterocycles. The summed E-state index contributed by atoms with van der Waals surface area (Å²) in [6, 6.07) is 21.1. The fourth-order valence-corrected chi connectivity index (χ4v) is 5.06. The molecule has 1 aliphatic rings. The van der Waals surface area contributed by atoms with E-state index >= 15 is 0 Å². The lowest BCUT2D eigenvalue weighted by Crippen LogP contribution is -2.32. The third-order valence-electron chi connectivity index (χ3n) is 6.94. The standard InChI is InChI=1S/C28H27N5O/c1-19-6-5-13-33-18-25(31-28(19)33)26(34)17-27-29-23-10-9-22(16-24(23)30-27)32-14-11-21(12-15-32)20-7-3-2-4-8-20/h2-10,13,16,18,21H,11-12,14-15,17H2,1H3,(H,29,30). The van der Waals surface area contributed by atoms with Crippen molar-refractivity contribution in [1.82, 2.24) is 19.4 Å². The van der Waals surface area contributed by atoms with Crippen LogP contribution >= 0.6 is 0 Å². The van der Waals surface area contributed by atoms with Gasteiger partial charge in [-0.2, -0.15) is 0 Å². The number of aryl methyl sites for hydroxylation is 1. The highest BCUT2D eigenvalue weighted by Crippen LogP contribution is 2.31. The first-order valence-corrected chi connectivity index (χ1v) is 11.9. The molecule has 0 unspecified atom stereocenters. The fourth-order valence-electron chi connectivity index (χ4n) is 5.06. The number of hydrogen-bond donors (Lipinski definition) is 1. The van der Waals surface area contributed by atoms with E-state index in [0.29, 0.717) is 17.4 Å². The molecule has 6 nitrogen and oxygen atoms in total. The number of imidazole rings is 2. The van der Waals surface area contributed by atoms with Crippen LogP contribution in [0.2, 0.25) is 0 Å². The molecule has 0 spiro atoms. The zero-order valence-electron chi connectivity index (χ0n) is 19.2. The van der Waals surface area contributed by atoms with Gasteiger partial charge in [0.1, 0.15) is 17.2 Å². The van der Waals surface area contributed by atoms with E-state index in [1.165, 1.54) is 11.3 Å². The molecule has 6 rings (SSSR count). The van der Waals surface area contributed by atoms with Crippen LogP contribution in [0, 0.1) is 6.92 Å². The molecule has 0 aliphatic carbocycles. The van der Waals surface area contributed by atoms with Gasteiger partial charge < -0.3 is 14.3 Å². The minimum atomic E-state index is -0.0367. The van der Waals surface area contributed by atoms with Crippen LogP contribution in [-0.2, 0) is 6.42 Å². The highest BCUT2D eigenvalue weighted by atomic mass is 16.1. The van der Waals surface area contributed by atoms with Crippen molar-refractivity contribution in [3.63, 3.8) is 0 Å². The quantitative estimate of drug-likeness (QED) is 0.369. The largest absolute Gasteiger partial charge is 0.371 e. The summed E-state index contributed by atoms with van der Waals surface area (Å²) in [5, 5.41) is 0. The molecule has 1 aliphatic heterocycles.